The Labute approximate surface area is 161 Å². The molecule has 4 nitrogen and oxygen atoms in total. The molecular formula is C21H17FN4S. The van der Waals surface area contributed by atoms with Crippen LogP contribution in [0, 0.1) is 5.82 Å². The Bertz CT molecular complexity index is 1080. The summed E-state index contributed by atoms with van der Waals surface area (Å²) >= 11 is 5.29. The molecule has 0 aliphatic heterocycles. The first-order valence-electron chi connectivity index (χ1n) is 8.51. The van der Waals surface area contributed by atoms with Crippen molar-refractivity contribution in [3.05, 3.63) is 90.4 Å². The van der Waals surface area contributed by atoms with Gasteiger partial charge in [-0.1, -0.05) is 42.5 Å². The molecule has 2 N–H and O–H groups in total. The largest absolute Gasteiger partial charge is 0.332 e. The molecule has 1 heterocycles. The van der Waals surface area contributed by atoms with Gasteiger partial charge in [0, 0.05) is 18.0 Å². The van der Waals surface area contributed by atoms with Gasteiger partial charge < -0.3 is 10.6 Å². The van der Waals surface area contributed by atoms with Crippen LogP contribution in [0.5, 0.6) is 0 Å². The van der Waals surface area contributed by atoms with Crippen molar-refractivity contribution in [1.82, 2.24) is 9.78 Å². The van der Waals surface area contributed by atoms with Gasteiger partial charge in [-0.3, -0.25) is 4.68 Å². The average molecular weight is 376 g/mol. The first kappa shape index (κ1) is 17.2. The van der Waals surface area contributed by atoms with Gasteiger partial charge in [0.05, 0.1) is 6.54 Å². The lowest BCUT2D eigenvalue weighted by atomic mass is 10.0. The first-order chi connectivity index (χ1) is 13.2. The maximum absolute atomic E-state index is 13.0. The van der Waals surface area contributed by atoms with Gasteiger partial charge in [0.15, 0.2) is 10.9 Å². The van der Waals surface area contributed by atoms with E-state index in [0.29, 0.717) is 23.2 Å². The van der Waals surface area contributed by atoms with Crippen LogP contribution in [0.1, 0.15) is 5.56 Å². The quantitative estimate of drug-likeness (QED) is 0.490. The third-order valence-corrected chi connectivity index (χ3v) is 4.40. The van der Waals surface area contributed by atoms with E-state index >= 15 is 0 Å². The normalized spacial score (nSPS) is 10.7. The number of halogens is 1. The highest BCUT2D eigenvalue weighted by Crippen LogP contribution is 2.19. The number of thiocarbonyl (C=S) groups is 1. The first-order valence-corrected chi connectivity index (χ1v) is 8.92. The second-order valence-electron chi connectivity index (χ2n) is 6.12. The number of hydrogen-bond acceptors (Lipinski definition) is 2. The Morgan fingerprint density at radius 3 is 2.56 bits per heavy atom. The lowest BCUT2D eigenvalue weighted by Gasteiger charge is -2.09. The van der Waals surface area contributed by atoms with Crippen molar-refractivity contribution in [3.63, 3.8) is 0 Å². The van der Waals surface area contributed by atoms with Gasteiger partial charge in [-0.25, -0.2) is 4.39 Å². The maximum Gasteiger partial charge on any atom is 0.176 e. The van der Waals surface area contributed by atoms with Gasteiger partial charge in [-0.05, 0) is 52.8 Å². The predicted octanol–water partition coefficient (Wildman–Crippen LogP) is 5.03. The summed E-state index contributed by atoms with van der Waals surface area (Å²) in [7, 11) is 0. The molecule has 0 saturated heterocycles. The zero-order valence-electron chi connectivity index (χ0n) is 14.4. The molecule has 0 atom stereocenters. The minimum atomic E-state index is -0.286. The zero-order chi connectivity index (χ0) is 18.6. The average Bonchev–Trinajstić information content (AvgIpc) is 3.10. The Kier molecular flexibility index (Phi) is 4.80. The van der Waals surface area contributed by atoms with Crippen molar-refractivity contribution in [2.75, 3.05) is 10.6 Å². The molecule has 4 aromatic rings. The van der Waals surface area contributed by atoms with E-state index < -0.39 is 0 Å². The minimum Gasteiger partial charge on any atom is -0.332 e. The SMILES string of the molecule is Fc1ccc(NC(=S)Nc2ccn(Cc3cccc4ccccc34)n2)cc1. The van der Waals surface area contributed by atoms with E-state index in [1.165, 1.54) is 28.5 Å². The van der Waals surface area contributed by atoms with Crippen LogP contribution in [-0.4, -0.2) is 14.9 Å². The second-order valence-corrected chi connectivity index (χ2v) is 6.53. The van der Waals surface area contributed by atoms with Gasteiger partial charge in [-0.2, -0.15) is 5.10 Å². The third kappa shape index (κ3) is 4.12. The van der Waals surface area contributed by atoms with Crippen molar-refractivity contribution < 1.29 is 4.39 Å². The highest BCUT2D eigenvalue weighted by molar-refractivity contribution is 7.80. The van der Waals surface area contributed by atoms with Gasteiger partial charge in [0.1, 0.15) is 5.82 Å². The zero-order valence-corrected chi connectivity index (χ0v) is 15.2. The smallest absolute Gasteiger partial charge is 0.176 e. The lowest BCUT2D eigenvalue weighted by molar-refractivity contribution is 0.628. The molecule has 0 amide bonds. The molecule has 3 aromatic carbocycles. The van der Waals surface area contributed by atoms with E-state index in [-0.39, 0.29) is 5.82 Å². The molecule has 27 heavy (non-hydrogen) atoms. The summed E-state index contributed by atoms with van der Waals surface area (Å²) in [5.74, 6) is 0.362. The van der Waals surface area contributed by atoms with Gasteiger partial charge in [0.2, 0.25) is 0 Å². The van der Waals surface area contributed by atoms with Gasteiger partial charge in [-0.15, -0.1) is 0 Å². The fourth-order valence-corrected chi connectivity index (χ4v) is 3.16. The maximum atomic E-state index is 13.0. The molecule has 1 aromatic heterocycles. The van der Waals surface area contributed by atoms with Crippen LogP contribution in [-0.2, 0) is 6.54 Å². The molecule has 0 fully saturated rings. The summed E-state index contributed by atoms with van der Waals surface area (Å²) in [6.45, 7) is 0.668. The molecule has 134 valence electrons. The molecule has 6 heteroatoms. The highest BCUT2D eigenvalue weighted by atomic mass is 32.1. The van der Waals surface area contributed by atoms with E-state index in [1.54, 1.807) is 12.1 Å². The number of anilines is 2. The molecule has 4 rings (SSSR count). The summed E-state index contributed by atoms with van der Waals surface area (Å²) < 4.78 is 14.8. The fraction of sp³-hybridized carbons (Fsp3) is 0.0476. The number of nitrogens with one attached hydrogen (secondary N) is 2. The number of benzene rings is 3. The van der Waals surface area contributed by atoms with E-state index in [9.17, 15) is 4.39 Å². The summed E-state index contributed by atoms with van der Waals surface area (Å²) in [6, 6.07) is 22.5. The molecule has 0 unspecified atom stereocenters. The van der Waals surface area contributed by atoms with E-state index in [4.69, 9.17) is 12.2 Å². The van der Waals surface area contributed by atoms with Crippen LogP contribution in [0.25, 0.3) is 10.8 Å². The molecule has 0 aliphatic carbocycles. The lowest BCUT2D eigenvalue weighted by Crippen LogP contribution is -2.19. The van der Waals surface area contributed by atoms with Crippen LogP contribution >= 0.6 is 12.2 Å². The van der Waals surface area contributed by atoms with E-state index in [2.05, 4.69) is 46.1 Å². The second kappa shape index (κ2) is 7.55. The Balaban J connectivity index is 1.44. The van der Waals surface area contributed by atoms with Crippen molar-refractivity contribution in [2.24, 2.45) is 0 Å². The van der Waals surface area contributed by atoms with Crippen LogP contribution in [0.3, 0.4) is 0 Å². The van der Waals surface area contributed by atoms with E-state index in [1.807, 2.05) is 29.1 Å². The van der Waals surface area contributed by atoms with Gasteiger partial charge >= 0.3 is 0 Å². The van der Waals surface area contributed by atoms with Crippen LogP contribution < -0.4 is 10.6 Å². The summed E-state index contributed by atoms with van der Waals surface area (Å²) in [5.41, 5.74) is 1.92. The van der Waals surface area contributed by atoms with Crippen LogP contribution in [0.2, 0.25) is 0 Å². The number of nitrogens with zero attached hydrogens (tertiary/aromatic N) is 2. The standard InChI is InChI=1S/C21H17FN4S/c22-17-8-10-18(11-9-17)23-21(27)24-20-12-13-26(25-20)14-16-6-3-5-15-4-1-2-7-19(15)16/h1-13H,14H2,(H2,23,24,25,27). The third-order valence-electron chi connectivity index (χ3n) is 4.20. The fourth-order valence-electron chi connectivity index (χ4n) is 2.93. The molecular weight excluding hydrogens is 359 g/mol. The molecule has 0 bridgehead atoms. The molecule has 0 spiro atoms. The van der Waals surface area contributed by atoms with Crippen LogP contribution in [0.15, 0.2) is 79.0 Å². The van der Waals surface area contributed by atoms with Crippen molar-refractivity contribution in [3.8, 4) is 0 Å². The van der Waals surface area contributed by atoms with Crippen molar-refractivity contribution in [1.29, 1.82) is 0 Å². The highest BCUT2D eigenvalue weighted by Gasteiger charge is 2.05. The molecule has 0 aliphatic rings. The molecule has 0 radical (unpaired) electrons. The minimum absolute atomic E-state index is 0.286. The summed E-state index contributed by atoms with van der Waals surface area (Å²) in [5, 5.41) is 13.4. The monoisotopic (exact) mass is 376 g/mol. The number of fused-ring (bicyclic) bond motifs is 1. The topological polar surface area (TPSA) is 41.9 Å². The number of hydrogen-bond donors (Lipinski definition) is 2. The van der Waals surface area contributed by atoms with E-state index in [0.717, 1.165) is 0 Å². The van der Waals surface area contributed by atoms with Gasteiger partial charge in [0.25, 0.3) is 0 Å². The Hall–Kier alpha value is -3.25. The van der Waals surface area contributed by atoms with Crippen molar-refractivity contribution in [2.45, 2.75) is 6.54 Å². The summed E-state index contributed by atoms with van der Waals surface area (Å²) in [4.78, 5) is 0. The summed E-state index contributed by atoms with van der Waals surface area (Å²) in [6.07, 6.45) is 1.91. The molecule has 0 saturated carbocycles. The number of aromatic nitrogens is 2. The predicted molar refractivity (Wildman–Crippen MR) is 112 cm³/mol. The Morgan fingerprint density at radius 2 is 1.70 bits per heavy atom. The number of rotatable bonds is 4. The Morgan fingerprint density at radius 1 is 0.926 bits per heavy atom. The van der Waals surface area contributed by atoms with Crippen molar-refractivity contribution >= 4 is 39.6 Å². The van der Waals surface area contributed by atoms with Crippen LogP contribution in [0.4, 0.5) is 15.9 Å².